The van der Waals surface area contributed by atoms with Crippen LogP contribution in [0.4, 0.5) is 0 Å². The molecule has 110 valence electrons. The third-order valence-corrected chi connectivity index (χ3v) is 4.65. The van der Waals surface area contributed by atoms with Crippen molar-refractivity contribution in [1.29, 1.82) is 0 Å². The van der Waals surface area contributed by atoms with Crippen molar-refractivity contribution in [3.8, 4) is 0 Å². The maximum Gasteiger partial charge on any atom is 0.310 e. The molecule has 20 heavy (non-hydrogen) atoms. The Morgan fingerprint density at radius 2 is 1.65 bits per heavy atom. The van der Waals surface area contributed by atoms with Crippen molar-refractivity contribution in [1.82, 2.24) is 4.90 Å². The van der Waals surface area contributed by atoms with Gasteiger partial charge in [0.2, 0.25) is 5.91 Å². The summed E-state index contributed by atoms with van der Waals surface area (Å²) in [7, 11) is 0. The number of carboxylic acid groups (broad SMARTS) is 1. The molecule has 0 aliphatic carbocycles. The van der Waals surface area contributed by atoms with Crippen LogP contribution in [0.3, 0.4) is 0 Å². The maximum atomic E-state index is 12.7. The van der Waals surface area contributed by atoms with Gasteiger partial charge in [-0.05, 0) is 18.3 Å². The van der Waals surface area contributed by atoms with Gasteiger partial charge < -0.3 is 14.7 Å². The molecule has 6 atom stereocenters. The molecule has 5 heteroatoms. The monoisotopic (exact) mass is 279 g/mol. The topological polar surface area (TPSA) is 66.8 Å². The van der Waals surface area contributed by atoms with Gasteiger partial charge in [-0.1, -0.05) is 26.0 Å². The van der Waals surface area contributed by atoms with Crippen LogP contribution in [-0.4, -0.2) is 47.2 Å². The Bertz CT molecular complexity index is 451. The number of rotatable bonds is 2. The number of hydrogen-bond acceptors (Lipinski definition) is 3. The summed E-state index contributed by atoms with van der Waals surface area (Å²) >= 11 is 0. The smallest absolute Gasteiger partial charge is 0.310 e. The number of likely N-dealkylation sites (tertiary alicyclic amines) is 1. The number of piperidine rings is 1. The van der Waals surface area contributed by atoms with Gasteiger partial charge in [-0.2, -0.15) is 0 Å². The lowest BCUT2D eigenvalue weighted by Crippen LogP contribution is -2.49. The largest absolute Gasteiger partial charge is 0.481 e. The SMILES string of the molecule is CC1CC(C)CN(C(=O)C2C3C=CC(O3)C2C(=O)O)C1. The van der Waals surface area contributed by atoms with Gasteiger partial charge in [0.05, 0.1) is 18.1 Å². The highest BCUT2D eigenvalue weighted by Crippen LogP contribution is 2.40. The number of nitrogens with zero attached hydrogens (tertiary/aromatic N) is 1. The Morgan fingerprint density at radius 3 is 2.20 bits per heavy atom. The first kappa shape index (κ1) is 13.6. The van der Waals surface area contributed by atoms with Crippen LogP contribution < -0.4 is 0 Å². The van der Waals surface area contributed by atoms with Crippen molar-refractivity contribution in [2.45, 2.75) is 32.5 Å². The van der Waals surface area contributed by atoms with Crippen LogP contribution in [0, 0.1) is 23.7 Å². The molecule has 0 aromatic rings. The van der Waals surface area contributed by atoms with Gasteiger partial charge in [0.15, 0.2) is 0 Å². The quantitative estimate of drug-likeness (QED) is 0.770. The van der Waals surface area contributed by atoms with Crippen LogP contribution >= 0.6 is 0 Å². The van der Waals surface area contributed by atoms with Gasteiger partial charge in [0, 0.05) is 13.1 Å². The highest BCUT2D eigenvalue weighted by Gasteiger charge is 2.54. The number of amides is 1. The first-order valence-corrected chi connectivity index (χ1v) is 7.32. The van der Waals surface area contributed by atoms with Crippen molar-refractivity contribution in [2.24, 2.45) is 23.7 Å². The highest BCUT2D eigenvalue weighted by molar-refractivity contribution is 5.87. The van der Waals surface area contributed by atoms with E-state index in [0.717, 1.165) is 19.5 Å². The zero-order valence-electron chi connectivity index (χ0n) is 11.9. The molecule has 3 aliphatic rings. The van der Waals surface area contributed by atoms with Gasteiger partial charge >= 0.3 is 5.97 Å². The van der Waals surface area contributed by atoms with Gasteiger partial charge in [0.1, 0.15) is 5.92 Å². The summed E-state index contributed by atoms with van der Waals surface area (Å²) in [5.41, 5.74) is 0. The fourth-order valence-corrected chi connectivity index (χ4v) is 3.95. The Hall–Kier alpha value is -1.36. The van der Waals surface area contributed by atoms with E-state index in [1.165, 1.54) is 0 Å². The van der Waals surface area contributed by atoms with E-state index >= 15 is 0 Å². The average Bonchev–Trinajstić information content (AvgIpc) is 2.96. The van der Waals surface area contributed by atoms with E-state index < -0.39 is 23.9 Å². The standard InChI is InChI=1S/C15H21NO4/c1-8-5-9(2)7-16(6-8)14(17)12-10-3-4-11(20-10)13(12)15(18)19/h3-4,8-13H,5-7H2,1-2H3,(H,18,19). The molecule has 0 aromatic carbocycles. The van der Waals surface area contributed by atoms with Crippen molar-refractivity contribution >= 4 is 11.9 Å². The van der Waals surface area contributed by atoms with Crippen LogP contribution in [0.25, 0.3) is 0 Å². The zero-order valence-corrected chi connectivity index (χ0v) is 11.9. The molecule has 1 N–H and O–H groups in total. The molecule has 0 spiro atoms. The van der Waals surface area contributed by atoms with E-state index in [4.69, 9.17) is 4.74 Å². The van der Waals surface area contributed by atoms with Crippen LogP contribution in [0.5, 0.6) is 0 Å². The van der Waals surface area contributed by atoms with Gasteiger partial charge in [-0.25, -0.2) is 0 Å². The summed E-state index contributed by atoms with van der Waals surface area (Å²) in [5, 5.41) is 9.37. The molecule has 2 saturated heterocycles. The molecule has 0 radical (unpaired) electrons. The maximum absolute atomic E-state index is 12.7. The number of ether oxygens (including phenoxy) is 1. The van der Waals surface area contributed by atoms with Gasteiger partial charge in [-0.3, -0.25) is 9.59 Å². The average molecular weight is 279 g/mol. The molecule has 0 aromatic heterocycles. The molecule has 3 heterocycles. The molecule has 2 bridgehead atoms. The predicted molar refractivity (Wildman–Crippen MR) is 71.9 cm³/mol. The summed E-state index contributed by atoms with van der Waals surface area (Å²) in [5.74, 6) is -1.32. The number of hydrogen-bond donors (Lipinski definition) is 1. The van der Waals surface area contributed by atoms with Crippen molar-refractivity contribution < 1.29 is 19.4 Å². The molecule has 3 aliphatic heterocycles. The highest BCUT2D eigenvalue weighted by atomic mass is 16.5. The molecular formula is C15H21NO4. The minimum Gasteiger partial charge on any atom is -0.481 e. The second-order valence-electron chi connectivity index (χ2n) is 6.53. The van der Waals surface area contributed by atoms with E-state index in [0.29, 0.717) is 11.8 Å². The number of carboxylic acids is 1. The van der Waals surface area contributed by atoms with E-state index in [-0.39, 0.29) is 12.0 Å². The third-order valence-electron chi connectivity index (χ3n) is 4.65. The summed E-state index contributed by atoms with van der Waals surface area (Å²) < 4.78 is 5.58. The normalized spacial score (nSPS) is 43.0. The van der Waals surface area contributed by atoms with Crippen molar-refractivity contribution in [2.75, 3.05) is 13.1 Å². The Kier molecular flexibility index (Phi) is 3.32. The van der Waals surface area contributed by atoms with Gasteiger partial charge in [0.25, 0.3) is 0 Å². The first-order valence-electron chi connectivity index (χ1n) is 7.32. The minimum atomic E-state index is -0.932. The summed E-state index contributed by atoms with van der Waals surface area (Å²) in [4.78, 5) is 26.0. The van der Waals surface area contributed by atoms with E-state index in [9.17, 15) is 14.7 Å². The van der Waals surface area contributed by atoms with Crippen LogP contribution in [0.15, 0.2) is 12.2 Å². The molecular weight excluding hydrogens is 258 g/mol. The molecule has 2 fully saturated rings. The lowest BCUT2D eigenvalue weighted by molar-refractivity contribution is -0.150. The summed E-state index contributed by atoms with van der Waals surface area (Å²) in [6.45, 7) is 5.74. The summed E-state index contributed by atoms with van der Waals surface area (Å²) in [6, 6.07) is 0. The minimum absolute atomic E-state index is 0.0485. The molecule has 0 saturated carbocycles. The predicted octanol–water partition coefficient (Wildman–Crippen LogP) is 1.15. The van der Waals surface area contributed by atoms with Crippen LogP contribution in [0.2, 0.25) is 0 Å². The first-order chi connectivity index (χ1) is 9.47. The van der Waals surface area contributed by atoms with Crippen LogP contribution in [0.1, 0.15) is 20.3 Å². The third kappa shape index (κ3) is 2.14. The second-order valence-corrected chi connectivity index (χ2v) is 6.53. The zero-order chi connectivity index (χ0) is 14.4. The fraction of sp³-hybridized carbons (Fsp3) is 0.733. The fourth-order valence-electron chi connectivity index (χ4n) is 3.95. The second kappa shape index (κ2) is 4.88. The van der Waals surface area contributed by atoms with E-state index in [1.807, 2.05) is 11.0 Å². The summed E-state index contributed by atoms with van der Waals surface area (Å²) in [6.07, 6.45) is 3.93. The van der Waals surface area contributed by atoms with E-state index in [1.54, 1.807) is 6.08 Å². The molecule has 5 nitrogen and oxygen atoms in total. The lowest BCUT2D eigenvalue weighted by Gasteiger charge is -2.37. The number of fused-ring (bicyclic) bond motifs is 2. The van der Waals surface area contributed by atoms with E-state index in [2.05, 4.69) is 13.8 Å². The Balaban J connectivity index is 1.79. The Morgan fingerprint density at radius 1 is 1.10 bits per heavy atom. The van der Waals surface area contributed by atoms with Crippen molar-refractivity contribution in [3.05, 3.63) is 12.2 Å². The number of carbonyl (C=O) groups is 2. The lowest BCUT2D eigenvalue weighted by atomic mass is 9.81. The van der Waals surface area contributed by atoms with Crippen LogP contribution in [-0.2, 0) is 14.3 Å². The molecule has 6 unspecified atom stereocenters. The van der Waals surface area contributed by atoms with Crippen molar-refractivity contribution in [3.63, 3.8) is 0 Å². The number of carbonyl (C=O) groups excluding carboxylic acids is 1. The Labute approximate surface area is 118 Å². The number of aliphatic carboxylic acids is 1. The molecule has 1 amide bonds. The molecule has 3 rings (SSSR count). The van der Waals surface area contributed by atoms with Gasteiger partial charge in [-0.15, -0.1) is 0 Å².